The molecule has 3 heterocycles. The van der Waals surface area contributed by atoms with Crippen molar-refractivity contribution in [3.05, 3.63) is 47.3 Å². The van der Waals surface area contributed by atoms with Crippen LogP contribution in [-0.4, -0.2) is 67.9 Å². The highest BCUT2D eigenvalue weighted by molar-refractivity contribution is 7.89. The number of alkyl halides is 3. The third-order valence-corrected chi connectivity index (χ3v) is 7.18. The van der Waals surface area contributed by atoms with Gasteiger partial charge in [-0.2, -0.15) is 17.5 Å². The number of sulfonamides is 1. The molecule has 1 saturated heterocycles. The summed E-state index contributed by atoms with van der Waals surface area (Å²) in [5, 5.41) is 0. The van der Waals surface area contributed by atoms with E-state index in [-0.39, 0.29) is 42.3 Å². The number of aromatic nitrogens is 1. The summed E-state index contributed by atoms with van der Waals surface area (Å²) in [5.74, 6) is 0.350. The Hall–Kier alpha value is -2.86. The molecule has 8 nitrogen and oxygen atoms in total. The second-order valence-electron chi connectivity index (χ2n) is 7.33. The third kappa shape index (κ3) is 4.24. The molecule has 2 aliphatic heterocycles. The SMILES string of the molecule is Cc1nc(C(F)(F)F)ccc1C(=O)N1CCN(S(=O)(=O)c2ccc3c(c2)OCCO3)CC1. The second kappa shape index (κ2) is 8.24. The highest BCUT2D eigenvalue weighted by Crippen LogP contribution is 2.33. The van der Waals surface area contributed by atoms with E-state index in [1.807, 2.05) is 0 Å². The lowest BCUT2D eigenvalue weighted by Crippen LogP contribution is -2.50. The van der Waals surface area contributed by atoms with Crippen LogP contribution in [0.1, 0.15) is 21.7 Å². The van der Waals surface area contributed by atoms with Crippen LogP contribution >= 0.6 is 0 Å². The standard InChI is InChI=1S/C20H20F3N3O5S/c1-13-15(3-5-18(24-13)20(21,22)23)19(27)25-6-8-26(9-7-25)32(28,29)14-2-4-16-17(12-14)31-11-10-30-16/h2-5,12H,6-11H2,1H3. The normalized spacial score (nSPS) is 17.3. The molecule has 0 bridgehead atoms. The number of amides is 1. The van der Waals surface area contributed by atoms with Gasteiger partial charge in [0.15, 0.2) is 11.5 Å². The van der Waals surface area contributed by atoms with E-state index in [1.54, 1.807) is 6.07 Å². The molecule has 0 radical (unpaired) electrons. The lowest BCUT2D eigenvalue weighted by Gasteiger charge is -2.34. The van der Waals surface area contributed by atoms with Gasteiger partial charge in [0, 0.05) is 32.2 Å². The molecule has 0 spiro atoms. The molecule has 0 N–H and O–H groups in total. The fraction of sp³-hybridized carbons (Fsp3) is 0.400. The topological polar surface area (TPSA) is 89.0 Å². The van der Waals surface area contributed by atoms with Gasteiger partial charge < -0.3 is 14.4 Å². The van der Waals surface area contributed by atoms with Gasteiger partial charge in [0.2, 0.25) is 10.0 Å². The van der Waals surface area contributed by atoms with Crippen LogP contribution in [0.2, 0.25) is 0 Å². The van der Waals surface area contributed by atoms with E-state index in [2.05, 4.69) is 4.98 Å². The molecule has 2 aliphatic rings. The number of piperazine rings is 1. The van der Waals surface area contributed by atoms with Crippen LogP contribution in [0.3, 0.4) is 0 Å². The Bertz CT molecular complexity index is 1150. The Morgan fingerprint density at radius 3 is 2.28 bits per heavy atom. The molecule has 0 atom stereocenters. The number of pyridine rings is 1. The van der Waals surface area contributed by atoms with Gasteiger partial charge in [-0.1, -0.05) is 0 Å². The summed E-state index contributed by atoms with van der Waals surface area (Å²) in [5.41, 5.74) is -1.04. The molecule has 32 heavy (non-hydrogen) atoms. The predicted molar refractivity (Wildman–Crippen MR) is 106 cm³/mol. The molecular weight excluding hydrogens is 451 g/mol. The molecule has 0 saturated carbocycles. The van der Waals surface area contributed by atoms with Crippen molar-refractivity contribution in [2.24, 2.45) is 0 Å². The lowest BCUT2D eigenvalue weighted by atomic mass is 10.1. The largest absolute Gasteiger partial charge is 0.486 e. The van der Waals surface area contributed by atoms with E-state index in [1.165, 1.54) is 28.3 Å². The number of carbonyl (C=O) groups excluding carboxylic acids is 1. The molecule has 1 fully saturated rings. The van der Waals surface area contributed by atoms with E-state index < -0.39 is 27.8 Å². The number of hydrogen-bond acceptors (Lipinski definition) is 6. The van der Waals surface area contributed by atoms with Crippen LogP contribution in [0, 0.1) is 6.92 Å². The van der Waals surface area contributed by atoms with E-state index in [0.29, 0.717) is 24.7 Å². The Morgan fingerprint density at radius 2 is 1.66 bits per heavy atom. The summed E-state index contributed by atoms with van der Waals surface area (Å²) in [6.07, 6.45) is -4.60. The first-order valence-corrected chi connectivity index (χ1v) is 11.3. The number of nitrogens with zero attached hydrogens (tertiary/aromatic N) is 3. The van der Waals surface area contributed by atoms with Crippen LogP contribution in [0.4, 0.5) is 13.2 Å². The van der Waals surface area contributed by atoms with Crippen molar-refractivity contribution in [1.82, 2.24) is 14.2 Å². The van der Waals surface area contributed by atoms with Gasteiger partial charge in [-0.05, 0) is 31.2 Å². The number of rotatable bonds is 3. The summed E-state index contributed by atoms with van der Waals surface area (Å²) in [6, 6.07) is 6.27. The summed E-state index contributed by atoms with van der Waals surface area (Å²) < 4.78 is 76.6. The third-order valence-electron chi connectivity index (χ3n) is 5.28. The van der Waals surface area contributed by atoms with Crippen LogP contribution < -0.4 is 9.47 Å². The zero-order chi connectivity index (χ0) is 23.1. The van der Waals surface area contributed by atoms with Gasteiger partial charge in [0.25, 0.3) is 5.91 Å². The Balaban J connectivity index is 1.45. The minimum atomic E-state index is -4.60. The molecule has 172 valence electrons. The predicted octanol–water partition coefficient (Wildman–Crippen LogP) is 2.33. The summed E-state index contributed by atoms with van der Waals surface area (Å²) in [4.78, 5) is 17.7. The lowest BCUT2D eigenvalue weighted by molar-refractivity contribution is -0.141. The fourth-order valence-corrected chi connectivity index (χ4v) is 5.02. The van der Waals surface area contributed by atoms with E-state index >= 15 is 0 Å². The van der Waals surface area contributed by atoms with Crippen molar-refractivity contribution in [3.8, 4) is 11.5 Å². The number of fused-ring (bicyclic) bond motifs is 1. The van der Waals surface area contributed by atoms with Crippen LogP contribution in [0.15, 0.2) is 35.2 Å². The molecular formula is C20H20F3N3O5S. The van der Waals surface area contributed by atoms with Crippen LogP contribution in [-0.2, 0) is 16.2 Å². The fourth-order valence-electron chi connectivity index (χ4n) is 3.58. The van der Waals surface area contributed by atoms with E-state index in [4.69, 9.17) is 9.47 Å². The molecule has 1 aromatic heterocycles. The molecule has 2 aromatic rings. The van der Waals surface area contributed by atoms with Gasteiger partial charge in [0.1, 0.15) is 18.9 Å². The molecule has 1 amide bonds. The minimum Gasteiger partial charge on any atom is -0.486 e. The van der Waals surface area contributed by atoms with Crippen LogP contribution in [0.25, 0.3) is 0 Å². The molecule has 1 aromatic carbocycles. The van der Waals surface area contributed by atoms with Gasteiger partial charge in [-0.15, -0.1) is 0 Å². The first kappa shape index (κ1) is 22.3. The van der Waals surface area contributed by atoms with Crippen LogP contribution in [0.5, 0.6) is 11.5 Å². The monoisotopic (exact) mass is 471 g/mol. The highest BCUT2D eigenvalue weighted by Gasteiger charge is 2.35. The van der Waals surface area contributed by atoms with Gasteiger partial charge in [0.05, 0.1) is 16.2 Å². The highest BCUT2D eigenvalue weighted by atomic mass is 32.2. The van der Waals surface area contributed by atoms with Crippen molar-refractivity contribution in [2.45, 2.75) is 18.0 Å². The summed E-state index contributed by atoms with van der Waals surface area (Å²) >= 11 is 0. The second-order valence-corrected chi connectivity index (χ2v) is 9.27. The number of ether oxygens (including phenoxy) is 2. The number of benzene rings is 1. The number of carbonyl (C=O) groups is 1. The number of hydrogen-bond donors (Lipinski definition) is 0. The maximum Gasteiger partial charge on any atom is 0.433 e. The van der Waals surface area contributed by atoms with Crippen molar-refractivity contribution in [1.29, 1.82) is 0 Å². The van der Waals surface area contributed by atoms with E-state index in [0.717, 1.165) is 12.1 Å². The average Bonchev–Trinajstić information content (AvgIpc) is 2.77. The van der Waals surface area contributed by atoms with Gasteiger partial charge >= 0.3 is 6.18 Å². The average molecular weight is 471 g/mol. The molecule has 0 unspecified atom stereocenters. The summed E-state index contributed by atoms with van der Waals surface area (Å²) in [7, 11) is -3.82. The Labute approximate surface area is 182 Å². The van der Waals surface area contributed by atoms with Gasteiger partial charge in [-0.25, -0.2) is 13.4 Å². The first-order valence-electron chi connectivity index (χ1n) is 9.81. The van der Waals surface area contributed by atoms with Crippen molar-refractivity contribution >= 4 is 15.9 Å². The number of halogens is 3. The van der Waals surface area contributed by atoms with Crippen molar-refractivity contribution < 1.29 is 35.9 Å². The quantitative estimate of drug-likeness (QED) is 0.683. The number of aryl methyl sites for hydroxylation is 1. The molecule has 12 heteroatoms. The maximum absolute atomic E-state index is 13.0. The zero-order valence-corrected chi connectivity index (χ0v) is 17.9. The Morgan fingerprint density at radius 1 is 1.00 bits per heavy atom. The minimum absolute atomic E-state index is 0.0313. The van der Waals surface area contributed by atoms with Crippen molar-refractivity contribution in [2.75, 3.05) is 39.4 Å². The maximum atomic E-state index is 13.0. The van der Waals surface area contributed by atoms with Crippen molar-refractivity contribution in [3.63, 3.8) is 0 Å². The Kier molecular flexibility index (Phi) is 5.76. The smallest absolute Gasteiger partial charge is 0.433 e. The van der Waals surface area contributed by atoms with E-state index in [9.17, 15) is 26.4 Å². The molecule has 0 aliphatic carbocycles. The van der Waals surface area contributed by atoms with Gasteiger partial charge in [-0.3, -0.25) is 4.79 Å². The molecule has 4 rings (SSSR count). The summed E-state index contributed by atoms with van der Waals surface area (Å²) in [6.45, 7) is 2.36. The zero-order valence-electron chi connectivity index (χ0n) is 17.1. The first-order chi connectivity index (χ1) is 15.1.